The number of piperidine rings is 1. The molecular weight excluding hydrogens is 342 g/mol. The summed E-state index contributed by atoms with van der Waals surface area (Å²) in [6.07, 6.45) is 6.82. The highest BCUT2D eigenvalue weighted by atomic mass is 16.3. The van der Waals surface area contributed by atoms with Crippen LogP contribution in [0.4, 0.5) is 0 Å². The molecule has 2 aliphatic rings. The normalized spacial score (nSPS) is 21.3. The van der Waals surface area contributed by atoms with Crippen molar-refractivity contribution in [1.82, 2.24) is 20.4 Å². The van der Waals surface area contributed by atoms with E-state index in [1.165, 1.54) is 0 Å². The number of hydrogen-bond donors (Lipinski definition) is 3. The molecule has 0 spiro atoms. The van der Waals surface area contributed by atoms with Crippen LogP contribution in [0.3, 0.4) is 0 Å². The predicted molar refractivity (Wildman–Crippen MR) is 110 cm³/mol. The van der Waals surface area contributed by atoms with E-state index in [2.05, 4.69) is 22.5 Å². The molecule has 0 radical (unpaired) electrons. The topological polar surface area (TPSA) is 80.2 Å². The maximum atomic E-state index is 12.7. The summed E-state index contributed by atoms with van der Waals surface area (Å²) in [6, 6.07) is 0. The Morgan fingerprint density at radius 1 is 1.22 bits per heavy atom. The Labute approximate surface area is 164 Å². The molecule has 0 aromatic rings. The molecule has 1 amide bonds. The van der Waals surface area contributed by atoms with E-state index in [1.807, 2.05) is 14.1 Å². The van der Waals surface area contributed by atoms with Gasteiger partial charge in [-0.25, -0.2) is 0 Å². The largest absolute Gasteiger partial charge is 0.393 e. The summed E-state index contributed by atoms with van der Waals surface area (Å²) >= 11 is 0. The average molecular weight is 382 g/mol. The second-order valence-electron chi connectivity index (χ2n) is 8.24. The fraction of sp³-hybridized carbons (Fsp3) is 0.900. The van der Waals surface area contributed by atoms with E-state index in [1.54, 1.807) is 4.90 Å². The Balaban J connectivity index is 1.81. The number of carbonyl (C=O) groups excluding carboxylic acids is 1. The van der Waals surface area contributed by atoms with Gasteiger partial charge in [0.2, 0.25) is 5.91 Å². The van der Waals surface area contributed by atoms with Crippen molar-refractivity contribution in [2.75, 3.05) is 53.4 Å². The zero-order chi connectivity index (χ0) is 19.7. The van der Waals surface area contributed by atoms with Crippen LogP contribution in [0.1, 0.15) is 51.9 Å². The second-order valence-corrected chi connectivity index (χ2v) is 8.24. The number of aliphatic imine (C=N–C) groups is 1. The minimum absolute atomic E-state index is 0.111. The van der Waals surface area contributed by atoms with Gasteiger partial charge in [0.15, 0.2) is 5.96 Å². The first kappa shape index (κ1) is 22.0. The molecule has 1 aliphatic carbocycles. The monoisotopic (exact) mass is 381 g/mol. The minimum atomic E-state index is -0.319. The first-order chi connectivity index (χ1) is 13.0. The molecule has 7 nitrogen and oxygen atoms in total. The quantitative estimate of drug-likeness (QED) is 0.333. The molecule has 156 valence electrons. The van der Waals surface area contributed by atoms with Crippen molar-refractivity contribution >= 4 is 11.9 Å². The summed E-state index contributed by atoms with van der Waals surface area (Å²) in [5, 5.41) is 16.3. The molecule has 27 heavy (non-hydrogen) atoms. The van der Waals surface area contributed by atoms with Gasteiger partial charge in [0, 0.05) is 40.3 Å². The van der Waals surface area contributed by atoms with E-state index >= 15 is 0 Å². The number of nitrogens with one attached hydrogen (secondary N) is 2. The van der Waals surface area contributed by atoms with Gasteiger partial charge in [0.1, 0.15) is 0 Å². The molecule has 0 aromatic heterocycles. The molecule has 1 saturated heterocycles. The number of likely N-dealkylation sites (tertiary alicyclic amines) is 1. The third-order valence-electron chi connectivity index (χ3n) is 5.81. The number of aliphatic hydroxyl groups is 1. The van der Waals surface area contributed by atoms with Crippen molar-refractivity contribution in [3.05, 3.63) is 0 Å². The van der Waals surface area contributed by atoms with Crippen molar-refractivity contribution in [2.45, 2.75) is 58.0 Å². The lowest BCUT2D eigenvalue weighted by molar-refractivity contribution is -0.138. The highest BCUT2D eigenvalue weighted by Gasteiger charge is 2.42. The first-order valence-electron chi connectivity index (χ1n) is 10.6. The number of guanidine groups is 1. The van der Waals surface area contributed by atoms with E-state index in [9.17, 15) is 9.90 Å². The summed E-state index contributed by atoms with van der Waals surface area (Å²) in [6.45, 7) is 7.32. The molecule has 2 fully saturated rings. The third kappa shape index (κ3) is 6.64. The van der Waals surface area contributed by atoms with Crippen molar-refractivity contribution in [2.24, 2.45) is 10.4 Å². The lowest BCUT2D eigenvalue weighted by Gasteiger charge is -2.30. The van der Waals surface area contributed by atoms with E-state index in [4.69, 9.17) is 4.99 Å². The van der Waals surface area contributed by atoms with E-state index < -0.39 is 0 Å². The second kappa shape index (κ2) is 10.9. The number of aliphatic hydroxyl groups excluding tert-OH is 1. The molecule has 0 atom stereocenters. The Morgan fingerprint density at radius 2 is 1.89 bits per heavy atom. The molecule has 1 aliphatic heterocycles. The number of hydrogen-bond acceptors (Lipinski definition) is 4. The molecule has 0 unspecified atom stereocenters. The number of carbonyl (C=O) groups is 1. The average Bonchev–Trinajstić information content (AvgIpc) is 3.14. The zero-order valence-corrected chi connectivity index (χ0v) is 17.5. The SMILES string of the molecule is CCNC(=NCC1(C(=O)N(C)C)CCCC1)NCCCN1CCC(O)CC1. The Kier molecular flexibility index (Phi) is 8.83. The molecule has 0 bridgehead atoms. The maximum Gasteiger partial charge on any atom is 0.230 e. The fourth-order valence-electron chi connectivity index (χ4n) is 4.19. The van der Waals surface area contributed by atoms with Crippen LogP contribution in [0, 0.1) is 5.41 Å². The third-order valence-corrected chi connectivity index (χ3v) is 5.81. The molecule has 2 rings (SSSR count). The first-order valence-corrected chi connectivity index (χ1v) is 10.6. The van der Waals surface area contributed by atoms with Gasteiger partial charge in [-0.15, -0.1) is 0 Å². The van der Waals surface area contributed by atoms with Gasteiger partial charge in [0.05, 0.1) is 18.1 Å². The smallest absolute Gasteiger partial charge is 0.230 e. The Bertz CT molecular complexity index is 481. The van der Waals surface area contributed by atoms with Crippen molar-refractivity contribution in [3.8, 4) is 0 Å². The van der Waals surface area contributed by atoms with E-state index in [-0.39, 0.29) is 17.4 Å². The number of nitrogens with zero attached hydrogens (tertiary/aromatic N) is 3. The lowest BCUT2D eigenvalue weighted by Crippen LogP contribution is -2.43. The van der Waals surface area contributed by atoms with Crippen LogP contribution < -0.4 is 10.6 Å². The van der Waals surface area contributed by atoms with E-state index in [0.717, 1.165) is 83.6 Å². The minimum Gasteiger partial charge on any atom is -0.393 e. The van der Waals surface area contributed by atoms with Crippen molar-refractivity contribution in [3.63, 3.8) is 0 Å². The van der Waals surface area contributed by atoms with Crippen molar-refractivity contribution < 1.29 is 9.90 Å². The van der Waals surface area contributed by atoms with Gasteiger partial charge in [-0.05, 0) is 45.6 Å². The number of rotatable bonds is 8. The highest BCUT2D eigenvalue weighted by Crippen LogP contribution is 2.39. The Hall–Kier alpha value is -1.34. The maximum absolute atomic E-state index is 12.7. The van der Waals surface area contributed by atoms with Gasteiger partial charge in [-0.3, -0.25) is 9.79 Å². The van der Waals surface area contributed by atoms with Crippen LogP contribution in [0.2, 0.25) is 0 Å². The zero-order valence-electron chi connectivity index (χ0n) is 17.5. The van der Waals surface area contributed by atoms with Crippen LogP contribution in [-0.4, -0.2) is 86.2 Å². The molecule has 1 heterocycles. The van der Waals surface area contributed by atoms with Gasteiger partial charge < -0.3 is 25.5 Å². The molecular formula is C20H39N5O2. The van der Waals surface area contributed by atoms with Crippen LogP contribution >= 0.6 is 0 Å². The van der Waals surface area contributed by atoms with Gasteiger partial charge in [-0.2, -0.15) is 0 Å². The highest BCUT2D eigenvalue weighted by molar-refractivity contribution is 5.84. The van der Waals surface area contributed by atoms with Crippen LogP contribution in [-0.2, 0) is 4.79 Å². The lowest BCUT2D eigenvalue weighted by atomic mass is 9.85. The number of amides is 1. The summed E-state index contributed by atoms with van der Waals surface area (Å²) < 4.78 is 0. The summed E-state index contributed by atoms with van der Waals surface area (Å²) in [5.41, 5.74) is -0.319. The molecule has 7 heteroatoms. The summed E-state index contributed by atoms with van der Waals surface area (Å²) in [7, 11) is 3.68. The predicted octanol–water partition coefficient (Wildman–Crippen LogP) is 1.04. The standard InChI is InChI=1S/C20H39N5O2/c1-4-21-19(22-12-7-13-25-14-8-17(26)9-15-25)23-16-20(10-5-6-11-20)18(27)24(2)3/h17,26H,4-16H2,1-3H3,(H2,21,22,23). The molecule has 1 saturated carbocycles. The van der Waals surface area contributed by atoms with Gasteiger partial charge in [-0.1, -0.05) is 12.8 Å². The van der Waals surface area contributed by atoms with Crippen LogP contribution in [0.25, 0.3) is 0 Å². The van der Waals surface area contributed by atoms with E-state index in [0.29, 0.717) is 6.54 Å². The van der Waals surface area contributed by atoms with Gasteiger partial charge >= 0.3 is 0 Å². The molecule has 3 N–H and O–H groups in total. The van der Waals surface area contributed by atoms with Crippen molar-refractivity contribution in [1.29, 1.82) is 0 Å². The Morgan fingerprint density at radius 3 is 2.48 bits per heavy atom. The molecule has 0 aromatic carbocycles. The summed E-state index contributed by atoms with van der Waals surface area (Å²) in [4.78, 5) is 21.6. The fourth-order valence-corrected chi connectivity index (χ4v) is 4.19. The van der Waals surface area contributed by atoms with Gasteiger partial charge in [0.25, 0.3) is 0 Å². The summed E-state index contributed by atoms with van der Waals surface area (Å²) in [5.74, 6) is 1.02. The van der Waals surface area contributed by atoms with Crippen LogP contribution in [0.15, 0.2) is 4.99 Å². The van der Waals surface area contributed by atoms with Crippen LogP contribution in [0.5, 0.6) is 0 Å².